The summed E-state index contributed by atoms with van der Waals surface area (Å²) in [6.07, 6.45) is 3.37. The zero-order valence-electron chi connectivity index (χ0n) is 6.30. The molecule has 1 fully saturated rings. The highest BCUT2D eigenvalue weighted by atomic mass is 16.3. The van der Waals surface area contributed by atoms with E-state index in [1.165, 1.54) is 6.42 Å². The lowest BCUT2D eigenvalue weighted by Crippen LogP contribution is -2.08. The topological polar surface area (TPSA) is 20.2 Å². The lowest BCUT2D eigenvalue weighted by Gasteiger charge is -2.05. The van der Waals surface area contributed by atoms with Crippen molar-refractivity contribution in [3.63, 3.8) is 0 Å². The van der Waals surface area contributed by atoms with Crippen LogP contribution in [0.4, 0.5) is 0 Å². The maximum Gasteiger partial charge on any atom is 0.0570 e. The lowest BCUT2D eigenvalue weighted by molar-refractivity contribution is 0.135. The molecule has 1 aliphatic rings. The van der Waals surface area contributed by atoms with Crippen molar-refractivity contribution in [2.24, 2.45) is 11.8 Å². The second kappa shape index (κ2) is 2.70. The van der Waals surface area contributed by atoms with Crippen LogP contribution in [0.25, 0.3) is 0 Å². The van der Waals surface area contributed by atoms with E-state index in [4.69, 9.17) is 0 Å². The smallest absolute Gasteiger partial charge is 0.0570 e. The Hall–Kier alpha value is -0.0400. The van der Waals surface area contributed by atoms with E-state index in [0.717, 1.165) is 18.8 Å². The van der Waals surface area contributed by atoms with Crippen molar-refractivity contribution in [3.8, 4) is 0 Å². The molecule has 0 aromatic carbocycles. The SMILES string of the molecule is CCC[C@@H](O)C1CC1C. The average molecular weight is 128 g/mol. The summed E-state index contributed by atoms with van der Waals surface area (Å²) in [5, 5.41) is 9.36. The minimum atomic E-state index is 0.00463. The van der Waals surface area contributed by atoms with Crippen LogP contribution in [0.5, 0.6) is 0 Å². The Balaban J connectivity index is 2.11. The lowest BCUT2D eigenvalue weighted by atomic mass is 10.1. The van der Waals surface area contributed by atoms with E-state index < -0.39 is 0 Å². The fourth-order valence-corrected chi connectivity index (χ4v) is 1.40. The molecule has 0 bridgehead atoms. The van der Waals surface area contributed by atoms with Crippen molar-refractivity contribution < 1.29 is 5.11 Å². The first-order valence-corrected chi connectivity index (χ1v) is 3.93. The minimum Gasteiger partial charge on any atom is -0.393 e. The van der Waals surface area contributed by atoms with Crippen molar-refractivity contribution >= 4 is 0 Å². The van der Waals surface area contributed by atoms with Gasteiger partial charge in [-0.15, -0.1) is 0 Å². The van der Waals surface area contributed by atoms with Crippen molar-refractivity contribution in [2.75, 3.05) is 0 Å². The maximum atomic E-state index is 9.36. The molecule has 0 amide bonds. The van der Waals surface area contributed by atoms with Crippen molar-refractivity contribution in [2.45, 2.75) is 39.2 Å². The molecule has 1 saturated carbocycles. The van der Waals surface area contributed by atoms with Crippen LogP contribution in [-0.2, 0) is 0 Å². The summed E-state index contributed by atoms with van der Waals surface area (Å²) in [5.41, 5.74) is 0. The van der Waals surface area contributed by atoms with E-state index in [9.17, 15) is 5.11 Å². The van der Waals surface area contributed by atoms with Crippen LogP contribution in [-0.4, -0.2) is 11.2 Å². The van der Waals surface area contributed by atoms with Gasteiger partial charge in [-0.25, -0.2) is 0 Å². The molecule has 2 unspecified atom stereocenters. The Morgan fingerprint density at radius 1 is 1.67 bits per heavy atom. The van der Waals surface area contributed by atoms with Gasteiger partial charge in [-0.3, -0.25) is 0 Å². The molecule has 1 heteroatoms. The highest BCUT2D eigenvalue weighted by molar-refractivity contribution is 4.87. The van der Waals surface area contributed by atoms with Crippen molar-refractivity contribution in [3.05, 3.63) is 0 Å². The van der Waals surface area contributed by atoms with Crippen LogP contribution in [0, 0.1) is 11.8 Å². The van der Waals surface area contributed by atoms with E-state index in [-0.39, 0.29) is 6.10 Å². The third-order valence-electron chi connectivity index (χ3n) is 2.25. The van der Waals surface area contributed by atoms with Crippen LogP contribution < -0.4 is 0 Å². The molecule has 0 aromatic rings. The quantitative estimate of drug-likeness (QED) is 0.614. The van der Waals surface area contributed by atoms with Gasteiger partial charge in [0.15, 0.2) is 0 Å². The molecule has 0 saturated heterocycles. The Morgan fingerprint density at radius 2 is 2.22 bits per heavy atom. The Morgan fingerprint density at radius 3 is 2.56 bits per heavy atom. The molecule has 0 aromatic heterocycles. The molecule has 1 rings (SSSR count). The molecular formula is C8H16O. The van der Waals surface area contributed by atoms with Gasteiger partial charge in [0.2, 0.25) is 0 Å². The number of hydrogen-bond acceptors (Lipinski definition) is 1. The van der Waals surface area contributed by atoms with E-state index in [2.05, 4.69) is 13.8 Å². The summed E-state index contributed by atoms with van der Waals surface area (Å²) in [4.78, 5) is 0. The van der Waals surface area contributed by atoms with Crippen LogP contribution >= 0.6 is 0 Å². The van der Waals surface area contributed by atoms with Crippen LogP contribution in [0.1, 0.15) is 33.1 Å². The van der Waals surface area contributed by atoms with Gasteiger partial charge in [-0.05, 0) is 24.7 Å². The van der Waals surface area contributed by atoms with E-state index in [1.54, 1.807) is 0 Å². The Bertz CT molecular complexity index is 90.6. The Kier molecular flexibility index (Phi) is 2.12. The molecule has 1 N–H and O–H groups in total. The summed E-state index contributed by atoms with van der Waals surface area (Å²) >= 11 is 0. The summed E-state index contributed by atoms with van der Waals surface area (Å²) in [6, 6.07) is 0. The number of aliphatic hydroxyl groups excluding tert-OH is 1. The van der Waals surface area contributed by atoms with Gasteiger partial charge in [-0.2, -0.15) is 0 Å². The monoisotopic (exact) mass is 128 g/mol. The van der Waals surface area contributed by atoms with Gasteiger partial charge in [0, 0.05) is 0 Å². The average Bonchev–Trinajstić information content (AvgIpc) is 2.47. The van der Waals surface area contributed by atoms with E-state index in [1.807, 2.05) is 0 Å². The van der Waals surface area contributed by atoms with Crippen LogP contribution in [0.2, 0.25) is 0 Å². The van der Waals surface area contributed by atoms with Gasteiger partial charge in [0.05, 0.1) is 6.10 Å². The van der Waals surface area contributed by atoms with Crippen LogP contribution in [0.3, 0.4) is 0 Å². The van der Waals surface area contributed by atoms with Crippen molar-refractivity contribution in [1.29, 1.82) is 0 Å². The first-order chi connectivity index (χ1) is 4.25. The zero-order valence-corrected chi connectivity index (χ0v) is 6.30. The molecule has 3 atom stereocenters. The van der Waals surface area contributed by atoms with Gasteiger partial charge < -0.3 is 5.11 Å². The van der Waals surface area contributed by atoms with Gasteiger partial charge in [0.1, 0.15) is 0 Å². The fourth-order valence-electron chi connectivity index (χ4n) is 1.40. The van der Waals surface area contributed by atoms with Gasteiger partial charge in [-0.1, -0.05) is 20.3 Å². The second-order valence-electron chi connectivity index (χ2n) is 3.23. The first-order valence-electron chi connectivity index (χ1n) is 3.93. The van der Waals surface area contributed by atoms with E-state index >= 15 is 0 Å². The predicted molar refractivity (Wildman–Crippen MR) is 38.2 cm³/mol. The standard InChI is InChI=1S/C8H16O/c1-3-4-8(9)7-5-6(7)2/h6-9H,3-5H2,1-2H3/t6?,7?,8-/m1/s1. The molecular weight excluding hydrogens is 112 g/mol. The predicted octanol–water partition coefficient (Wildman–Crippen LogP) is 1.80. The fraction of sp³-hybridized carbons (Fsp3) is 1.00. The number of hydrogen-bond donors (Lipinski definition) is 1. The number of aliphatic hydroxyl groups is 1. The molecule has 0 spiro atoms. The van der Waals surface area contributed by atoms with Crippen LogP contribution in [0.15, 0.2) is 0 Å². The summed E-state index contributed by atoms with van der Waals surface area (Å²) in [6.45, 7) is 4.33. The molecule has 0 radical (unpaired) electrons. The Labute approximate surface area is 57.1 Å². The van der Waals surface area contributed by atoms with E-state index in [0.29, 0.717) is 5.92 Å². The molecule has 1 nitrogen and oxygen atoms in total. The minimum absolute atomic E-state index is 0.00463. The first kappa shape index (κ1) is 7.07. The number of rotatable bonds is 3. The summed E-state index contributed by atoms with van der Waals surface area (Å²) in [5.74, 6) is 1.44. The normalized spacial score (nSPS) is 36.3. The second-order valence-corrected chi connectivity index (χ2v) is 3.23. The van der Waals surface area contributed by atoms with Crippen molar-refractivity contribution in [1.82, 2.24) is 0 Å². The molecule has 54 valence electrons. The molecule has 9 heavy (non-hydrogen) atoms. The highest BCUT2D eigenvalue weighted by Gasteiger charge is 2.37. The van der Waals surface area contributed by atoms with Gasteiger partial charge >= 0.3 is 0 Å². The highest BCUT2D eigenvalue weighted by Crippen LogP contribution is 2.41. The summed E-state index contributed by atoms with van der Waals surface area (Å²) in [7, 11) is 0. The van der Waals surface area contributed by atoms with Gasteiger partial charge in [0.25, 0.3) is 0 Å². The third-order valence-corrected chi connectivity index (χ3v) is 2.25. The largest absolute Gasteiger partial charge is 0.393 e. The molecule has 1 aliphatic carbocycles. The third kappa shape index (κ3) is 1.68. The molecule has 0 heterocycles. The zero-order chi connectivity index (χ0) is 6.85. The summed E-state index contributed by atoms with van der Waals surface area (Å²) < 4.78 is 0. The molecule has 0 aliphatic heterocycles. The maximum absolute atomic E-state index is 9.36.